The Bertz CT molecular complexity index is 764. The number of carbonyl (C=O) groups excluding carboxylic acids is 1. The number of hydrogen-bond acceptors (Lipinski definition) is 1. The molecule has 0 aliphatic carbocycles. The average Bonchev–Trinajstić information content (AvgIpc) is 2.59. The predicted octanol–water partition coefficient (Wildman–Crippen LogP) is 5.88. The van der Waals surface area contributed by atoms with Crippen LogP contribution >= 0.6 is 0 Å². The first-order valence-electron chi connectivity index (χ1n) is 9.13. The standard InChI is InChI=1S/C22H26F3NO/c1-14(2)17-8-10-18(11-9-17)21(15(3)4)26-20(27)13-16-6-5-7-19(12-16)22(23,24)25/h5-12,14-15,21H,13H2,1-4H3,(H,26,27)/t21-/m1/s1. The quantitative estimate of drug-likeness (QED) is 0.669. The zero-order chi connectivity index (χ0) is 20.2. The van der Waals surface area contributed by atoms with E-state index in [4.69, 9.17) is 0 Å². The van der Waals surface area contributed by atoms with Crippen molar-refractivity contribution in [1.29, 1.82) is 0 Å². The van der Waals surface area contributed by atoms with E-state index in [-0.39, 0.29) is 24.3 Å². The van der Waals surface area contributed by atoms with Crippen molar-refractivity contribution in [2.75, 3.05) is 0 Å². The average molecular weight is 377 g/mol. The minimum atomic E-state index is -4.41. The van der Waals surface area contributed by atoms with Gasteiger partial charge in [-0.25, -0.2) is 0 Å². The van der Waals surface area contributed by atoms with Crippen LogP contribution < -0.4 is 5.32 Å². The van der Waals surface area contributed by atoms with Gasteiger partial charge in [0.15, 0.2) is 0 Å². The molecule has 5 heteroatoms. The maximum absolute atomic E-state index is 12.8. The fraction of sp³-hybridized carbons (Fsp3) is 0.409. The van der Waals surface area contributed by atoms with Gasteiger partial charge < -0.3 is 5.32 Å². The number of hydrogen-bond donors (Lipinski definition) is 1. The molecule has 2 nitrogen and oxygen atoms in total. The molecule has 1 atom stereocenters. The number of nitrogens with one attached hydrogen (secondary N) is 1. The first-order valence-corrected chi connectivity index (χ1v) is 9.13. The second-order valence-corrected chi connectivity index (χ2v) is 7.49. The van der Waals surface area contributed by atoms with Crippen molar-refractivity contribution in [2.24, 2.45) is 5.92 Å². The zero-order valence-corrected chi connectivity index (χ0v) is 16.1. The maximum Gasteiger partial charge on any atom is 0.416 e. The van der Waals surface area contributed by atoms with Crippen molar-refractivity contribution in [2.45, 2.75) is 52.3 Å². The summed E-state index contributed by atoms with van der Waals surface area (Å²) in [5.74, 6) is 0.286. The fourth-order valence-electron chi connectivity index (χ4n) is 2.99. The number of rotatable bonds is 6. The number of carbonyl (C=O) groups is 1. The van der Waals surface area contributed by atoms with Crippen LogP contribution in [-0.4, -0.2) is 5.91 Å². The molecular weight excluding hydrogens is 351 g/mol. The molecule has 1 N–H and O–H groups in total. The van der Waals surface area contributed by atoms with Crippen LogP contribution in [0.25, 0.3) is 0 Å². The normalized spacial score (nSPS) is 13.1. The van der Waals surface area contributed by atoms with Crippen LogP contribution in [0.3, 0.4) is 0 Å². The minimum absolute atomic E-state index is 0.0861. The lowest BCUT2D eigenvalue weighted by Gasteiger charge is -2.23. The van der Waals surface area contributed by atoms with Crippen molar-refractivity contribution in [1.82, 2.24) is 5.32 Å². The largest absolute Gasteiger partial charge is 0.416 e. The van der Waals surface area contributed by atoms with Crippen molar-refractivity contribution in [3.8, 4) is 0 Å². The highest BCUT2D eigenvalue weighted by atomic mass is 19.4. The summed E-state index contributed by atoms with van der Waals surface area (Å²) in [6, 6.07) is 12.8. The molecule has 0 saturated carbocycles. The van der Waals surface area contributed by atoms with Gasteiger partial charge in [0.05, 0.1) is 18.0 Å². The molecule has 0 radical (unpaired) electrons. The zero-order valence-electron chi connectivity index (χ0n) is 16.1. The lowest BCUT2D eigenvalue weighted by atomic mass is 9.93. The molecule has 0 bridgehead atoms. The molecule has 0 spiro atoms. The van der Waals surface area contributed by atoms with E-state index in [1.54, 1.807) is 0 Å². The lowest BCUT2D eigenvalue weighted by Crippen LogP contribution is -2.32. The van der Waals surface area contributed by atoms with Gasteiger partial charge in [-0.2, -0.15) is 13.2 Å². The maximum atomic E-state index is 12.8. The summed E-state index contributed by atoms with van der Waals surface area (Å²) >= 11 is 0. The van der Waals surface area contributed by atoms with Gasteiger partial charge in [0.25, 0.3) is 0 Å². The van der Waals surface area contributed by atoms with Gasteiger partial charge in [-0.3, -0.25) is 4.79 Å². The highest BCUT2D eigenvalue weighted by molar-refractivity contribution is 5.79. The Kier molecular flexibility index (Phi) is 6.68. The highest BCUT2D eigenvalue weighted by Crippen LogP contribution is 2.30. The second-order valence-electron chi connectivity index (χ2n) is 7.49. The third kappa shape index (κ3) is 5.84. The smallest absolute Gasteiger partial charge is 0.349 e. The molecule has 1 amide bonds. The first-order chi connectivity index (χ1) is 12.6. The number of benzene rings is 2. The Morgan fingerprint density at radius 2 is 1.56 bits per heavy atom. The lowest BCUT2D eigenvalue weighted by molar-refractivity contribution is -0.137. The second kappa shape index (κ2) is 8.59. The first kappa shape index (κ1) is 21.0. The van der Waals surface area contributed by atoms with Gasteiger partial charge in [-0.1, -0.05) is 70.2 Å². The summed E-state index contributed by atoms with van der Waals surface area (Å²) in [6.45, 7) is 8.24. The summed E-state index contributed by atoms with van der Waals surface area (Å²) in [5.41, 5.74) is 1.82. The van der Waals surface area contributed by atoms with Crippen molar-refractivity contribution < 1.29 is 18.0 Å². The summed E-state index contributed by atoms with van der Waals surface area (Å²) in [7, 11) is 0. The van der Waals surface area contributed by atoms with Crippen LogP contribution in [0.15, 0.2) is 48.5 Å². The molecule has 2 aromatic carbocycles. The minimum Gasteiger partial charge on any atom is -0.349 e. The van der Waals surface area contributed by atoms with Crippen LogP contribution in [0.4, 0.5) is 13.2 Å². The van der Waals surface area contributed by atoms with E-state index >= 15 is 0 Å². The Morgan fingerprint density at radius 1 is 0.963 bits per heavy atom. The molecule has 0 saturated heterocycles. The van der Waals surface area contributed by atoms with Crippen molar-refractivity contribution in [3.05, 3.63) is 70.8 Å². The van der Waals surface area contributed by atoms with E-state index in [2.05, 4.69) is 19.2 Å². The number of amides is 1. The van der Waals surface area contributed by atoms with E-state index in [0.717, 1.165) is 17.7 Å². The molecule has 0 heterocycles. The number of alkyl halides is 3. The Labute approximate surface area is 158 Å². The van der Waals surface area contributed by atoms with Crippen LogP contribution in [-0.2, 0) is 17.4 Å². The highest BCUT2D eigenvalue weighted by Gasteiger charge is 2.30. The van der Waals surface area contributed by atoms with Gasteiger partial charge in [-0.05, 0) is 34.6 Å². The Hall–Kier alpha value is -2.30. The summed E-state index contributed by atoms with van der Waals surface area (Å²) in [5, 5.41) is 2.97. The van der Waals surface area contributed by atoms with E-state index < -0.39 is 11.7 Å². The van der Waals surface area contributed by atoms with Crippen molar-refractivity contribution in [3.63, 3.8) is 0 Å². The fourth-order valence-corrected chi connectivity index (χ4v) is 2.99. The van der Waals surface area contributed by atoms with Crippen LogP contribution in [0.5, 0.6) is 0 Å². The van der Waals surface area contributed by atoms with E-state index in [0.29, 0.717) is 11.5 Å². The van der Waals surface area contributed by atoms with Crippen molar-refractivity contribution >= 4 is 5.91 Å². The van der Waals surface area contributed by atoms with Crippen LogP contribution in [0, 0.1) is 5.92 Å². The molecule has 146 valence electrons. The van der Waals surface area contributed by atoms with E-state index in [1.165, 1.54) is 17.7 Å². The van der Waals surface area contributed by atoms with Crippen LogP contribution in [0.2, 0.25) is 0 Å². The van der Waals surface area contributed by atoms with Gasteiger partial charge in [0, 0.05) is 0 Å². The van der Waals surface area contributed by atoms with Gasteiger partial charge in [0.2, 0.25) is 5.91 Å². The summed E-state index contributed by atoms with van der Waals surface area (Å²) in [6.07, 6.45) is -4.50. The Morgan fingerprint density at radius 3 is 2.07 bits per heavy atom. The molecule has 0 aliphatic heterocycles. The topological polar surface area (TPSA) is 29.1 Å². The van der Waals surface area contributed by atoms with Crippen LogP contribution in [0.1, 0.15) is 61.9 Å². The van der Waals surface area contributed by atoms with E-state index in [9.17, 15) is 18.0 Å². The molecule has 27 heavy (non-hydrogen) atoms. The van der Waals surface area contributed by atoms with Gasteiger partial charge in [0.1, 0.15) is 0 Å². The molecule has 0 unspecified atom stereocenters. The third-order valence-electron chi connectivity index (χ3n) is 4.56. The summed E-state index contributed by atoms with van der Waals surface area (Å²) < 4.78 is 38.5. The predicted molar refractivity (Wildman–Crippen MR) is 101 cm³/mol. The molecular formula is C22H26F3NO. The Balaban J connectivity index is 2.11. The van der Waals surface area contributed by atoms with Gasteiger partial charge >= 0.3 is 6.18 Å². The molecule has 2 aromatic rings. The molecule has 0 aromatic heterocycles. The number of halogens is 3. The third-order valence-corrected chi connectivity index (χ3v) is 4.56. The van der Waals surface area contributed by atoms with Gasteiger partial charge in [-0.15, -0.1) is 0 Å². The monoisotopic (exact) mass is 377 g/mol. The van der Waals surface area contributed by atoms with E-state index in [1.807, 2.05) is 38.1 Å². The molecule has 0 aliphatic rings. The molecule has 2 rings (SSSR count). The summed E-state index contributed by atoms with van der Waals surface area (Å²) in [4.78, 5) is 12.4. The molecule has 0 fully saturated rings. The SMILES string of the molecule is CC(C)c1ccc([C@H](NC(=O)Cc2cccc(C(F)(F)F)c2)C(C)C)cc1.